The van der Waals surface area contributed by atoms with Gasteiger partial charge in [0.05, 0.1) is 0 Å². The largest absolute Gasteiger partial charge is 0.454 e. The lowest BCUT2D eigenvalue weighted by Crippen LogP contribution is -2.48. The van der Waals surface area contributed by atoms with Gasteiger partial charge < -0.3 is 18.8 Å². The van der Waals surface area contributed by atoms with E-state index >= 15 is 0 Å². The highest BCUT2D eigenvalue weighted by molar-refractivity contribution is 6.31. The lowest BCUT2D eigenvalue weighted by Gasteiger charge is -2.34. The van der Waals surface area contributed by atoms with Gasteiger partial charge >= 0.3 is 0 Å². The van der Waals surface area contributed by atoms with E-state index in [1.54, 1.807) is 24.3 Å². The maximum atomic E-state index is 12.8. The van der Waals surface area contributed by atoms with Crippen LogP contribution in [-0.4, -0.2) is 48.7 Å². The summed E-state index contributed by atoms with van der Waals surface area (Å²) in [6.07, 6.45) is 0. The standard InChI is InChI=1S/C21H19ClN2O4/c22-16-2-4-17-15(10-16)11-20(28-17)21(25)24-7-5-23(6-8-24)12-14-1-3-18-19(9-14)27-13-26-18/h1-4,9-11H,5-8,12-13H2. The fourth-order valence-corrected chi connectivity index (χ4v) is 3.86. The van der Waals surface area contributed by atoms with Crippen LogP contribution in [0.2, 0.25) is 5.02 Å². The molecule has 1 aromatic heterocycles. The summed E-state index contributed by atoms with van der Waals surface area (Å²) >= 11 is 6.01. The van der Waals surface area contributed by atoms with Crippen molar-refractivity contribution in [1.82, 2.24) is 9.80 Å². The molecule has 3 heterocycles. The van der Waals surface area contributed by atoms with E-state index in [0.29, 0.717) is 29.5 Å². The molecule has 3 aromatic rings. The molecule has 28 heavy (non-hydrogen) atoms. The minimum Gasteiger partial charge on any atom is -0.454 e. The van der Waals surface area contributed by atoms with Crippen molar-refractivity contribution in [2.45, 2.75) is 6.54 Å². The molecule has 0 atom stereocenters. The number of nitrogens with zero attached hydrogens (tertiary/aromatic N) is 2. The Kier molecular flexibility index (Phi) is 4.37. The molecule has 0 radical (unpaired) electrons. The van der Waals surface area contributed by atoms with Gasteiger partial charge in [-0.05, 0) is 42.0 Å². The van der Waals surface area contributed by atoms with Gasteiger partial charge in [-0.2, -0.15) is 0 Å². The summed E-state index contributed by atoms with van der Waals surface area (Å²) in [6, 6.07) is 13.2. The number of ether oxygens (including phenoxy) is 2. The zero-order chi connectivity index (χ0) is 19.1. The van der Waals surface area contributed by atoms with Crippen molar-refractivity contribution in [2.24, 2.45) is 0 Å². The first kappa shape index (κ1) is 17.4. The van der Waals surface area contributed by atoms with Crippen LogP contribution in [0.15, 0.2) is 46.9 Å². The molecule has 7 heteroatoms. The first-order valence-corrected chi connectivity index (χ1v) is 9.63. The van der Waals surface area contributed by atoms with Gasteiger partial charge in [0.25, 0.3) is 5.91 Å². The van der Waals surface area contributed by atoms with Crippen molar-refractivity contribution < 1.29 is 18.7 Å². The molecule has 0 bridgehead atoms. The van der Waals surface area contributed by atoms with Crippen LogP contribution in [0.4, 0.5) is 0 Å². The van der Waals surface area contributed by atoms with Crippen LogP contribution in [-0.2, 0) is 6.54 Å². The Bertz CT molecular complexity index is 1040. The quantitative estimate of drug-likeness (QED) is 0.672. The first-order valence-electron chi connectivity index (χ1n) is 9.25. The van der Waals surface area contributed by atoms with Gasteiger partial charge in [0, 0.05) is 43.1 Å². The Balaban J connectivity index is 1.22. The molecule has 5 rings (SSSR count). The Morgan fingerprint density at radius 1 is 0.964 bits per heavy atom. The number of hydrogen-bond donors (Lipinski definition) is 0. The average Bonchev–Trinajstić information content (AvgIpc) is 3.34. The maximum Gasteiger partial charge on any atom is 0.289 e. The molecule has 1 saturated heterocycles. The van der Waals surface area contributed by atoms with Gasteiger partial charge in [0.15, 0.2) is 17.3 Å². The normalized spacial score (nSPS) is 16.7. The van der Waals surface area contributed by atoms with Crippen molar-refractivity contribution in [2.75, 3.05) is 33.0 Å². The molecule has 2 aliphatic heterocycles. The van der Waals surface area contributed by atoms with E-state index in [0.717, 1.165) is 36.5 Å². The van der Waals surface area contributed by atoms with E-state index in [1.165, 1.54) is 5.56 Å². The van der Waals surface area contributed by atoms with Gasteiger partial charge in [-0.3, -0.25) is 9.69 Å². The van der Waals surface area contributed by atoms with Crippen LogP contribution >= 0.6 is 11.6 Å². The van der Waals surface area contributed by atoms with Crippen LogP contribution in [0.3, 0.4) is 0 Å². The van der Waals surface area contributed by atoms with E-state index in [4.69, 9.17) is 25.5 Å². The van der Waals surface area contributed by atoms with E-state index in [1.807, 2.05) is 17.0 Å². The third-order valence-corrected chi connectivity index (χ3v) is 5.43. The Labute approximate surface area is 167 Å². The maximum absolute atomic E-state index is 12.8. The van der Waals surface area contributed by atoms with Crippen LogP contribution < -0.4 is 9.47 Å². The Morgan fingerprint density at radius 3 is 2.64 bits per heavy atom. The molecule has 1 amide bonds. The SMILES string of the molecule is O=C(c1cc2cc(Cl)ccc2o1)N1CCN(Cc2ccc3c(c2)OCO3)CC1. The summed E-state index contributed by atoms with van der Waals surface area (Å²) < 4.78 is 16.5. The second kappa shape index (κ2) is 7.04. The summed E-state index contributed by atoms with van der Waals surface area (Å²) in [5.41, 5.74) is 1.85. The monoisotopic (exact) mass is 398 g/mol. The zero-order valence-electron chi connectivity index (χ0n) is 15.2. The van der Waals surface area contributed by atoms with Crippen LogP contribution in [0.1, 0.15) is 16.1 Å². The van der Waals surface area contributed by atoms with E-state index in [2.05, 4.69) is 11.0 Å². The molecule has 0 aliphatic carbocycles. The van der Waals surface area contributed by atoms with Gasteiger partial charge in [-0.1, -0.05) is 17.7 Å². The fourth-order valence-electron chi connectivity index (χ4n) is 3.68. The minimum atomic E-state index is -0.0740. The van der Waals surface area contributed by atoms with Gasteiger partial charge in [-0.15, -0.1) is 0 Å². The van der Waals surface area contributed by atoms with Crippen LogP contribution in [0, 0.1) is 0 Å². The second-order valence-corrected chi connectivity index (χ2v) is 7.49. The molecule has 0 N–H and O–H groups in total. The fraction of sp³-hybridized carbons (Fsp3) is 0.286. The van der Waals surface area contributed by atoms with Crippen molar-refractivity contribution in [3.05, 3.63) is 58.8 Å². The van der Waals surface area contributed by atoms with Crippen LogP contribution in [0.25, 0.3) is 11.0 Å². The third-order valence-electron chi connectivity index (χ3n) is 5.19. The number of hydrogen-bond acceptors (Lipinski definition) is 5. The molecule has 0 saturated carbocycles. The highest BCUT2D eigenvalue weighted by Crippen LogP contribution is 2.33. The predicted octanol–water partition coefficient (Wildman–Crippen LogP) is 3.77. The molecule has 0 unspecified atom stereocenters. The second-order valence-electron chi connectivity index (χ2n) is 7.05. The molecule has 6 nitrogen and oxygen atoms in total. The Hall–Kier alpha value is -2.70. The van der Waals surface area contributed by atoms with Crippen LogP contribution in [0.5, 0.6) is 11.5 Å². The zero-order valence-corrected chi connectivity index (χ0v) is 15.9. The third kappa shape index (κ3) is 3.30. The summed E-state index contributed by atoms with van der Waals surface area (Å²) in [5, 5.41) is 1.47. The average molecular weight is 399 g/mol. The van der Waals surface area contributed by atoms with Crippen molar-refractivity contribution in [1.29, 1.82) is 0 Å². The number of fused-ring (bicyclic) bond motifs is 2. The molecular weight excluding hydrogens is 380 g/mol. The topological polar surface area (TPSA) is 55.2 Å². The number of halogens is 1. The molecule has 0 spiro atoms. The molecular formula is C21H19ClN2O4. The highest BCUT2D eigenvalue weighted by Gasteiger charge is 2.25. The number of benzene rings is 2. The van der Waals surface area contributed by atoms with Crippen molar-refractivity contribution in [3.63, 3.8) is 0 Å². The van der Waals surface area contributed by atoms with E-state index in [9.17, 15) is 4.79 Å². The number of piperazine rings is 1. The lowest BCUT2D eigenvalue weighted by molar-refractivity contribution is 0.0600. The summed E-state index contributed by atoms with van der Waals surface area (Å²) in [7, 11) is 0. The Morgan fingerprint density at radius 2 is 1.79 bits per heavy atom. The van der Waals surface area contributed by atoms with E-state index in [-0.39, 0.29) is 12.7 Å². The number of amides is 1. The van der Waals surface area contributed by atoms with E-state index < -0.39 is 0 Å². The number of rotatable bonds is 3. The smallest absolute Gasteiger partial charge is 0.289 e. The number of carbonyl (C=O) groups excluding carboxylic acids is 1. The lowest BCUT2D eigenvalue weighted by atomic mass is 10.1. The summed E-state index contributed by atoms with van der Waals surface area (Å²) in [4.78, 5) is 17.0. The van der Waals surface area contributed by atoms with Crippen molar-refractivity contribution >= 4 is 28.5 Å². The van der Waals surface area contributed by atoms with Gasteiger partial charge in [0.1, 0.15) is 5.58 Å². The van der Waals surface area contributed by atoms with Gasteiger partial charge in [0.2, 0.25) is 6.79 Å². The molecule has 2 aliphatic rings. The summed E-state index contributed by atoms with van der Waals surface area (Å²) in [5.74, 6) is 1.89. The predicted molar refractivity (Wildman–Crippen MR) is 105 cm³/mol. The molecule has 1 fully saturated rings. The summed E-state index contributed by atoms with van der Waals surface area (Å²) in [6.45, 7) is 4.07. The molecule has 144 valence electrons. The number of carbonyl (C=O) groups is 1. The first-order chi connectivity index (χ1) is 13.7. The van der Waals surface area contributed by atoms with Crippen molar-refractivity contribution in [3.8, 4) is 11.5 Å². The number of furan rings is 1. The highest BCUT2D eigenvalue weighted by atomic mass is 35.5. The van der Waals surface area contributed by atoms with Gasteiger partial charge in [-0.25, -0.2) is 0 Å². The molecule has 2 aromatic carbocycles. The minimum absolute atomic E-state index is 0.0740.